The van der Waals surface area contributed by atoms with Crippen LogP contribution in [0.1, 0.15) is 90.2 Å². The van der Waals surface area contributed by atoms with Gasteiger partial charge >= 0.3 is 6.09 Å². The predicted octanol–water partition coefficient (Wildman–Crippen LogP) is 6.33. The Bertz CT molecular complexity index is 1560. The number of carbonyl (C=O) groups excluding carboxylic acids is 3. The van der Waals surface area contributed by atoms with Gasteiger partial charge in [-0.05, 0) is 94.0 Å². The fourth-order valence-corrected chi connectivity index (χ4v) is 8.49. The summed E-state index contributed by atoms with van der Waals surface area (Å²) in [6.07, 6.45) is 4.92. The second-order valence-corrected chi connectivity index (χ2v) is 15.8. The van der Waals surface area contributed by atoms with Crippen molar-refractivity contribution >= 4 is 46.8 Å². The summed E-state index contributed by atoms with van der Waals surface area (Å²) in [7, 11) is 0. The lowest BCUT2D eigenvalue weighted by molar-refractivity contribution is -0.125. The Morgan fingerprint density at radius 2 is 1.76 bits per heavy atom. The first-order chi connectivity index (χ1) is 21.6. The Labute approximate surface area is 279 Å². The number of benzene rings is 1. The Hall–Kier alpha value is -2.95. The number of amides is 3. The second-order valence-electron chi connectivity index (χ2n) is 15.1. The zero-order valence-electron chi connectivity index (χ0n) is 26.9. The third kappa shape index (κ3) is 5.54. The summed E-state index contributed by atoms with van der Waals surface area (Å²) in [6.45, 7) is 10.7. The fraction of sp³-hybridized carbons (Fsp3) is 0.588. The van der Waals surface area contributed by atoms with Gasteiger partial charge in [-0.15, -0.1) is 0 Å². The van der Waals surface area contributed by atoms with Gasteiger partial charge in [-0.3, -0.25) is 14.9 Å². The maximum atomic E-state index is 16.1. The number of fused-ring (bicyclic) bond motifs is 3. The van der Waals surface area contributed by atoms with E-state index in [9.17, 15) is 14.4 Å². The molecule has 6 rings (SSSR count). The van der Waals surface area contributed by atoms with E-state index in [4.69, 9.17) is 27.9 Å². The number of hydrogen-bond acceptors (Lipinski definition) is 6. The highest BCUT2D eigenvalue weighted by Crippen LogP contribution is 2.64. The number of carbonyl (C=O) groups is 3. The molecule has 46 heavy (non-hydrogen) atoms. The minimum Gasteiger partial charge on any atom is -0.444 e. The molecule has 1 aromatic heterocycles. The van der Waals surface area contributed by atoms with Gasteiger partial charge in [0.25, 0.3) is 0 Å². The van der Waals surface area contributed by atoms with E-state index in [1.54, 1.807) is 17.0 Å². The molecule has 9 nitrogen and oxygen atoms in total. The third-order valence-corrected chi connectivity index (χ3v) is 10.9. The SMILES string of the molecule is CC1(C)CCC2(CC1)N[C@@H](C(=O)NC1CCN(C(=O)OC(C)(C)C)CC1)[C@H](c1ccnc(Cl)c1F)[C@]21C(=O)Nc2cc(Cl)ccc21. The minimum atomic E-state index is -1.34. The number of pyridine rings is 1. The largest absolute Gasteiger partial charge is 0.444 e. The highest BCUT2D eigenvalue weighted by Gasteiger charge is 2.73. The van der Waals surface area contributed by atoms with E-state index in [0.717, 1.165) is 12.8 Å². The average molecular weight is 675 g/mol. The number of piperidine rings is 1. The normalized spacial score (nSPS) is 27.0. The summed E-state index contributed by atoms with van der Waals surface area (Å²) in [5.41, 5.74) is -1.36. The van der Waals surface area contributed by atoms with Gasteiger partial charge in [-0.2, -0.15) is 0 Å². The van der Waals surface area contributed by atoms with Crippen LogP contribution in [0.25, 0.3) is 0 Å². The van der Waals surface area contributed by atoms with Crippen molar-refractivity contribution in [2.45, 2.75) is 108 Å². The standard InChI is InChI=1S/C34H42Cl2FN5O4/c1-31(2,3)46-30(45)42-16-9-20(10-17-42)39-28(43)26-24(21-8-15-38-27(36)25(21)37)34(33(41-26)13-11-32(4,5)12-14-33)22-7-6-19(35)18-23(22)40-29(34)44/h6-8,15,18,20,24,26,41H,9-14,16-17H2,1-5H3,(H,39,43)(H,40,44)/t24-,26+,34+/m0/s1. The summed E-state index contributed by atoms with van der Waals surface area (Å²) < 4.78 is 21.6. The molecule has 3 aliphatic heterocycles. The number of anilines is 1. The second kappa shape index (κ2) is 11.6. The van der Waals surface area contributed by atoms with Gasteiger partial charge in [-0.25, -0.2) is 14.2 Å². The predicted molar refractivity (Wildman–Crippen MR) is 175 cm³/mol. The van der Waals surface area contributed by atoms with Crippen molar-refractivity contribution in [2.24, 2.45) is 5.41 Å². The first-order valence-corrected chi connectivity index (χ1v) is 16.8. The third-order valence-electron chi connectivity index (χ3n) is 10.4. The van der Waals surface area contributed by atoms with Gasteiger partial charge in [0, 0.05) is 47.5 Å². The molecule has 1 saturated carbocycles. The number of ether oxygens (including phenoxy) is 1. The van der Waals surface area contributed by atoms with Crippen LogP contribution in [0.2, 0.25) is 10.2 Å². The van der Waals surface area contributed by atoms with E-state index in [-0.39, 0.29) is 40.1 Å². The number of nitrogens with zero attached hydrogens (tertiary/aromatic N) is 2. The summed E-state index contributed by atoms with van der Waals surface area (Å²) in [4.78, 5) is 47.3. The fourth-order valence-electron chi connectivity index (χ4n) is 8.15. The molecule has 0 bridgehead atoms. The van der Waals surface area contributed by atoms with Crippen LogP contribution in [0.3, 0.4) is 0 Å². The highest BCUT2D eigenvalue weighted by atomic mass is 35.5. The monoisotopic (exact) mass is 673 g/mol. The van der Waals surface area contributed by atoms with Crippen LogP contribution in [0, 0.1) is 11.2 Å². The maximum Gasteiger partial charge on any atom is 0.410 e. The van der Waals surface area contributed by atoms with Crippen LogP contribution in [0.4, 0.5) is 14.9 Å². The number of rotatable bonds is 3. The lowest BCUT2D eigenvalue weighted by Crippen LogP contribution is -2.61. The number of likely N-dealkylation sites (tertiary alicyclic amines) is 1. The van der Waals surface area contributed by atoms with E-state index in [0.29, 0.717) is 55.0 Å². The quantitative estimate of drug-likeness (QED) is 0.329. The molecule has 12 heteroatoms. The van der Waals surface area contributed by atoms with Crippen molar-refractivity contribution in [1.82, 2.24) is 20.5 Å². The van der Waals surface area contributed by atoms with Gasteiger partial charge in [0.1, 0.15) is 11.0 Å². The Morgan fingerprint density at radius 3 is 2.41 bits per heavy atom. The first kappa shape index (κ1) is 33.0. The molecule has 4 aliphatic rings. The molecule has 2 aromatic rings. The molecule has 3 N–H and O–H groups in total. The van der Waals surface area contributed by atoms with Crippen LogP contribution in [-0.2, 0) is 19.7 Å². The number of hydrogen-bond donors (Lipinski definition) is 3. The van der Waals surface area contributed by atoms with Gasteiger partial charge in [0.2, 0.25) is 11.8 Å². The van der Waals surface area contributed by atoms with E-state index in [2.05, 4.69) is 34.8 Å². The summed E-state index contributed by atoms with van der Waals surface area (Å²) in [6, 6.07) is 5.62. The Kier molecular flexibility index (Phi) is 8.34. The number of nitrogens with one attached hydrogen (secondary N) is 3. The van der Waals surface area contributed by atoms with E-state index >= 15 is 4.39 Å². The van der Waals surface area contributed by atoms with E-state index < -0.39 is 34.3 Å². The lowest BCUT2D eigenvalue weighted by atomic mass is 9.53. The molecule has 0 unspecified atom stereocenters. The Balaban J connectivity index is 1.39. The summed E-state index contributed by atoms with van der Waals surface area (Å²) in [5.74, 6) is -2.32. The molecule has 3 amide bonds. The van der Waals surface area contributed by atoms with Crippen LogP contribution in [0.5, 0.6) is 0 Å². The maximum absolute atomic E-state index is 16.1. The van der Waals surface area contributed by atoms with Crippen LogP contribution < -0.4 is 16.0 Å². The van der Waals surface area contributed by atoms with Gasteiger partial charge in [-0.1, -0.05) is 43.1 Å². The van der Waals surface area contributed by atoms with Crippen molar-refractivity contribution in [3.63, 3.8) is 0 Å². The molecule has 1 aliphatic carbocycles. The zero-order valence-corrected chi connectivity index (χ0v) is 28.4. The lowest BCUT2D eigenvalue weighted by Gasteiger charge is -2.50. The molecular weight excluding hydrogens is 632 g/mol. The smallest absolute Gasteiger partial charge is 0.410 e. The van der Waals surface area contributed by atoms with Crippen LogP contribution in [0.15, 0.2) is 30.5 Å². The summed E-state index contributed by atoms with van der Waals surface area (Å²) in [5, 5.41) is 10.1. The van der Waals surface area contributed by atoms with E-state index in [1.807, 2.05) is 26.8 Å². The first-order valence-electron chi connectivity index (χ1n) is 16.0. The molecule has 3 atom stereocenters. The van der Waals surface area contributed by atoms with Gasteiger partial charge in [0.15, 0.2) is 11.0 Å². The highest BCUT2D eigenvalue weighted by molar-refractivity contribution is 6.31. The van der Waals surface area contributed by atoms with Gasteiger partial charge in [0.05, 0.1) is 6.04 Å². The number of halogens is 3. The summed E-state index contributed by atoms with van der Waals surface area (Å²) >= 11 is 12.6. The Morgan fingerprint density at radius 1 is 1.09 bits per heavy atom. The molecule has 2 spiro atoms. The van der Waals surface area contributed by atoms with Crippen molar-refractivity contribution in [2.75, 3.05) is 18.4 Å². The zero-order chi connectivity index (χ0) is 33.2. The van der Waals surface area contributed by atoms with Crippen molar-refractivity contribution in [3.05, 3.63) is 57.6 Å². The molecule has 2 saturated heterocycles. The van der Waals surface area contributed by atoms with Crippen molar-refractivity contribution in [3.8, 4) is 0 Å². The van der Waals surface area contributed by atoms with E-state index in [1.165, 1.54) is 12.3 Å². The van der Waals surface area contributed by atoms with Crippen LogP contribution in [-0.4, -0.2) is 64.1 Å². The average Bonchev–Trinajstić information content (AvgIpc) is 3.43. The molecule has 248 valence electrons. The molecule has 1 aromatic carbocycles. The molecule has 4 heterocycles. The van der Waals surface area contributed by atoms with Gasteiger partial charge < -0.3 is 20.3 Å². The molecular formula is C34H42Cl2FN5O4. The van der Waals surface area contributed by atoms with Crippen molar-refractivity contribution in [1.29, 1.82) is 0 Å². The number of aromatic nitrogens is 1. The van der Waals surface area contributed by atoms with Crippen LogP contribution >= 0.6 is 23.2 Å². The van der Waals surface area contributed by atoms with Crippen molar-refractivity contribution < 1.29 is 23.5 Å². The minimum absolute atomic E-state index is 0.0369. The molecule has 3 fully saturated rings. The topological polar surface area (TPSA) is 113 Å². The molecule has 0 radical (unpaired) electrons.